The molecule has 6 heteroatoms. The van der Waals surface area contributed by atoms with Gasteiger partial charge < -0.3 is 14.8 Å². The quantitative estimate of drug-likeness (QED) is 0.711. The van der Waals surface area contributed by atoms with Crippen molar-refractivity contribution in [1.29, 1.82) is 0 Å². The van der Waals surface area contributed by atoms with Crippen molar-refractivity contribution < 1.29 is 9.59 Å². The van der Waals surface area contributed by atoms with Crippen molar-refractivity contribution in [3.63, 3.8) is 0 Å². The molecule has 1 N–H and O–H groups in total. The van der Waals surface area contributed by atoms with Gasteiger partial charge in [-0.2, -0.15) is 0 Å². The SMILES string of the molecule is Cc1cccc(N2C[C@@H](C(=O)NCc3ccccc3-n3ccnc3C)CC2=O)c1C. The van der Waals surface area contributed by atoms with Gasteiger partial charge in [0, 0.05) is 37.6 Å². The highest BCUT2D eigenvalue weighted by Gasteiger charge is 2.35. The first kappa shape index (κ1) is 19.9. The van der Waals surface area contributed by atoms with Crippen molar-refractivity contribution in [2.24, 2.45) is 5.92 Å². The summed E-state index contributed by atoms with van der Waals surface area (Å²) in [7, 11) is 0. The summed E-state index contributed by atoms with van der Waals surface area (Å²) in [4.78, 5) is 31.5. The molecule has 154 valence electrons. The Morgan fingerprint density at radius 3 is 2.63 bits per heavy atom. The maximum absolute atomic E-state index is 12.8. The average molecular weight is 402 g/mol. The number of hydrogen-bond acceptors (Lipinski definition) is 3. The summed E-state index contributed by atoms with van der Waals surface area (Å²) < 4.78 is 2.00. The Morgan fingerprint density at radius 1 is 1.10 bits per heavy atom. The van der Waals surface area contributed by atoms with Gasteiger partial charge in [0.2, 0.25) is 11.8 Å². The second-order valence-electron chi connectivity index (χ2n) is 7.82. The minimum absolute atomic E-state index is 0.00158. The molecule has 0 aliphatic carbocycles. The highest BCUT2D eigenvalue weighted by molar-refractivity contribution is 6.00. The van der Waals surface area contributed by atoms with E-state index in [4.69, 9.17) is 0 Å². The summed E-state index contributed by atoms with van der Waals surface area (Å²) in [6.07, 6.45) is 3.91. The molecule has 1 saturated heterocycles. The average Bonchev–Trinajstić information content (AvgIpc) is 3.34. The van der Waals surface area contributed by atoms with Crippen LogP contribution in [0.5, 0.6) is 0 Å². The van der Waals surface area contributed by atoms with Gasteiger partial charge in [0.05, 0.1) is 11.6 Å². The molecule has 2 amide bonds. The molecule has 0 spiro atoms. The summed E-state index contributed by atoms with van der Waals surface area (Å²) in [5.41, 5.74) is 5.11. The van der Waals surface area contributed by atoms with Crippen LogP contribution in [0, 0.1) is 26.7 Å². The van der Waals surface area contributed by atoms with Crippen LogP contribution in [0.2, 0.25) is 0 Å². The van der Waals surface area contributed by atoms with E-state index in [9.17, 15) is 9.59 Å². The standard InChI is InChI=1S/C24H26N4O2/c1-16-7-6-10-21(17(16)2)28-15-20(13-23(28)29)24(30)26-14-19-8-4-5-9-22(19)27-12-11-25-18(27)3/h4-12,20H,13-15H2,1-3H3,(H,26,30)/t20-/m0/s1. The number of amides is 2. The number of imidazole rings is 1. The first-order valence-electron chi connectivity index (χ1n) is 10.2. The van der Waals surface area contributed by atoms with Crippen LogP contribution in [0.3, 0.4) is 0 Å². The first-order chi connectivity index (χ1) is 14.5. The van der Waals surface area contributed by atoms with Crippen molar-refractivity contribution in [1.82, 2.24) is 14.9 Å². The van der Waals surface area contributed by atoms with E-state index in [1.165, 1.54) is 0 Å². The lowest BCUT2D eigenvalue weighted by atomic mass is 10.1. The van der Waals surface area contributed by atoms with E-state index < -0.39 is 0 Å². The number of para-hydroxylation sites is 1. The van der Waals surface area contributed by atoms with E-state index >= 15 is 0 Å². The number of nitrogens with zero attached hydrogens (tertiary/aromatic N) is 3. The van der Waals surface area contributed by atoms with E-state index in [0.717, 1.165) is 33.9 Å². The van der Waals surface area contributed by atoms with Crippen LogP contribution in [0.15, 0.2) is 54.9 Å². The zero-order valence-electron chi connectivity index (χ0n) is 17.6. The summed E-state index contributed by atoms with van der Waals surface area (Å²) in [5, 5.41) is 3.03. The van der Waals surface area contributed by atoms with Crippen LogP contribution in [0.25, 0.3) is 5.69 Å². The Hall–Kier alpha value is -3.41. The van der Waals surface area contributed by atoms with Crippen LogP contribution >= 0.6 is 0 Å². The third-order valence-electron chi connectivity index (χ3n) is 5.89. The molecular formula is C24H26N4O2. The third kappa shape index (κ3) is 3.73. The second kappa shape index (κ2) is 8.14. The zero-order chi connectivity index (χ0) is 21.3. The summed E-state index contributed by atoms with van der Waals surface area (Å²) in [6, 6.07) is 13.9. The largest absolute Gasteiger partial charge is 0.352 e. The Labute approximate surface area is 176 Å². The molecule has 1 aromatic heterocycles. The number of nitrogens with one attached hydrogen (secondary N) is 1. The summed E-state index contributed by atoms with van der Waals surface area (Å²) in [6.45, 7) is 6.81. The maximum Gasteiger partial charge on any atom is 0.227 e. The van der Waals surface area contributed by atoms with Crippen LogP contribution in [-0.2, 0) is 16.1 Å². The Kier molecular flexibility index (Phi) is 5.40. The molecule has 30 heavy (non-hydrogen) atoms. The molecule has 1 aliphatic rings. The number of hydrogen-bond donors (Lipinski definition) is 1. The topological polar surface area (TPSA) is 67.2 Å². The van der Waals surface area contributed by atoms with E-state index in [1.807, 2.05) is 74.0 Å². The van der Waals surface area contributed by atoms with Crippen molar-refractivity contribution in [2.75, 3.05) is 11.4 Å². The highest BCUT2D eigenvalue weighted by atomic mass is 16.2. The highest BCUT2D eigenvalue weighted by Crippen LogP contribution is 2.29. The van der Waals surface area contributed by atoms with Crippen LogP contribution in [0.1, 0.15) is 28.9 Å². The third-order valence-corrected chi connectivity index (χ3v) is 5.89. The molecule has 0 radical (unpaired) electrons. The number of rotatable bonds is 5. The minimum Gasteiger partial charge on any atom is -0.352 e. The molecule has 4 rings (SSSR count). The minimum atomic E-state index is -0.348. The monoisotopic (exact) mass is 402 g/mol. The smallest absolute Gasteiger partial charge is 0.227 e. The maximum atomic E-state index is 12.8. The van der Waals surface area contributed by atoms with Gasteiger partial charge in [-0.1, -0.05) is 30.3 Å². The summed E-state index contributed by atoms with van der Waals surface area (Å²) >= 11 is 0. The molecule has 0 saturated carbocycles. The van der Waals surface area contributed by atoms with Gasteiger partial charge in [0.1, 0.15) is 5.82 Å². The number of aryl methyl sites for hydroxylation is 2. The van der Waals surface area contributed by atoms with E-state index in [0.29, 0.717) is 13.1 Å². The normalized spacial score (nSPS) is 16.2. The fraction of sp³-hybridized carbons (Fsp3) is 0.292. The van der Waals surface area contributed by atoms with Crippen molar-refractivity contribution in [2.45, 2.75) is 33.7 Å². The number of aromatic nitrogens is 2. The van der Waals surface area contributed by atoms with Crippen LogP contribution < -0.4 is 10.2 Å². The second-order valence-corrected chi connectivity index (χ2v) is 7.82. The molecule has 6 nitrogen and oxygen atoms in total. The van der Waals surface area contributed by atoms with Gasteiger partial charge >= 0.3 is 0 Å². The van der Waals surface area contributed by atoms with Crippen molar-refractivity contribution in [3.05, 3.63) is 77.4 Å². The van der Waals surface area contributed by atoms with Gasteiger partial charge in [-0.05, 0) is 49.6 Å². The molecule has 0 unspecified atom stereocenters. The lowest BCUT2D eigenvalue weighted by Gasteiger charge is -2.20. The number of carbonyl (C=O) groups is 2. The molecule has 1 atom stereocenters. The van der Waals surface area contributed by atoms with Gasteiger partial charge in [-0.3, -0.25) is 9.59 Å². The Balaban J connectivity index is 1.46. The first-order valence-corrected chi connectivity index (χ1v) is 10.2. The van der Waals surface area contributed by atoms with Crippen molar-refractivity contribution in [3.8, 4) is 5.69 Å². The predicted octanol–water partition coefficient (Wildman–Crippen LogP) is 3.47. The molecule has 1 fully saturated rings. The lowest BCUT2D eigenvalue weighted by Crippen LogP contribution is -2.33. The fourth-order valence-corrected chi connectivity index (χ4v) is 4.00. The van der Waals surface area contributed by atoms with Crippen LogP contribution in [0.4, 0.5) is 5.69 Å². The Bertz CT molecular complexity index is 1100. The van der Waals surface area contributed by atoms with Gasteiger partial charge in [0.25, 0.3) is 0 Å². The molecule has 0 bridgehead atoms. The predicted molar refractivity (Wildman–Crippen MR) is 117 cm³/mol. The van der Waals surface area contributed by atoms with Gasteiger partial charge in [-0.15, -0.1) is 0 Å². The Morgan fingerprint density at radius 2 is 1.87 bits per heavy atom. The molecule has 1 aliphatic heterocycles. The molecular weight excluding hydrogens is 376 g/mol. The van der Waals surface area contributed by atoms with Gasteiger partial charge in [-0.25, -0.2) is 4.98 Å². The van der Waals surface area contributed by atoms with Crippen molar-refractivity contribution >= 4 is 17.5 Å². The number of anilines is 1. The molecule has 2 aromatic carbocycles. The van der Waals surface area contributed by atoms with Crippen LogP contribution in [-0.4, -0.2) is 27.9 Å². The molecule has 2 heterocycles. The molecule has 3 aromatic rings. The van der Waals surface area contributed by atoms with E-state index in [-0.39, 0.29) is 24.2 Å². The zero-order valence-corrected chi connectivity index (χ0v) is 17.6. The summed E-state index contributed by atoms with van der Waals surface area (Å²) in [5.74, 6) is 0.450. The number of carbonyl (C=O) groups excluding carboxylic acids is 2. The van der Waals surface area contributed by atoms with Gasteiger partial charge in [0.15, 0.2) is 0 Å². The fourth-order valence-electron chi connectivity index (χ4n) is 4.00. The lowest BCUT2D eigenvalue weighted by molar-refractivity contribution is -0.126. The van der Waals surface area contributed by atoms with E-state index in [2.05, 4.69) is 10.3 Å². The van der Waals surface area contributed by atoms with E-state index in [1.54, 1.807) is 11.1 Å². The number of benzene rings is 2.